The van der Waals surface area contributed by atoms with Gasteiger partial charge in [-0.3, -0.25) is 67.6 Å². The second kappa shape index (κ2) is 62.8. The number of halogens is 2. The Labute approximate surface area is 917 Å². The zero-order chi connectivity index (χ0) is 110. The molecule has 6 fully saturated rings. The van der Waals surface area contributed by atoms with Crippen molar-refractivity contribution in [3.05, 3.63) is 251 Å². The maximum absolute atomic E-state index is 12.7. The molecule has 54 nitrogen and oxygen atoms in total. The van der Waals surface area contributed by atoms with Gasteiger partial charge >= 0.3 is 54.1 Å². The molecule has 808 valence electrons. The SMILES string of the molecule is C1CCOC1.CC1(C)O[C@H](CN)[C@@H](CN)O1.CC1(C)O[C@H](CN=[N+]=[N-])[C@@H](CN=[N+]=[N-])O1.CC1(C)O[C@H](CNc2ccc(C(N)=O)cc2N)[C@@H](CNc2ccc(C(N)=O)cc2N)O1.CC1(C)O[C@H](CNc2ccc(C(N)=O)cc2[N+](=O)[O-])[C@@H](CNc2ccc(C(N)=O)cc2[N+](=O)[O-])O1.Cc1ccc(S(=O)(=O)OC[C@H]2OC(C)(C)O[C@@H]2COS(=O)(=O)c2ccc(C)cc2)cc1.N#CBr.NC(=O)c1ccc(F)c([N+](=O)[O-])c1.[AlH3].[H-].[Li+].[N-]=[N+]=[N-].[Na+]. The van der Waals surface area contributed by atoms with Crippen LogP contribution in [0.15, 0.2) is 160 Å². The maximum Gasteiger partial charge on any atom is 1.00 e. The predicted molar refractivity (Wildman–Crippen MR) is 547 cm³/mol. The molecule has 0 radical (unpaired) electrons. The third kappa shape index (κ3) is 44.6. The van der Waals surface area contributed by atoms with Gasteiger partial charge in [-0.1, -0.05) is 45.6 Å². The van der Waals surface area contributed by atoms with Gasteiger partial charge < -0.3 is 137 Å². The van der Waals surface area contributed by atoms with Gasteiger partial charge in [0.15, 0.2) is 46.3 Å². The Morgan fingerprint density at radius 3 is 0.940 bits per heavy atom. The van der Waals surface area contributed by atoms with Crippen LogP contribution in [0.3, 0.4) is 0 Å². The number of rotatable bonds is 34. The molecule has 6 aliphatic rings. The van der Waals surface area contributed by atoms with Crippen LogP contribution in [-0.2, 0) is 80.7 Å². The largest absolute Gasteiger partial charge is 1.00 e. The summed E-state index contributed by atoms with van der Waals surface area (Å²) in [6.45, 7) is 24.9. The minimum Gasteiger partial charge on any atom is -1.00 e. The summed E-state index contributed by atoms with van der Waals surface area (Å²) in [5.74, 6) is -8.54. The first-order valence-corrected chi connectivity index (χ1v) is 47.9. The van der Waals surface area contributed by atoms with Crippen LogP contribution in [0.5, 0.6) is 0 Å². The number of nitrogens with one attached hydrogen (secondary N) is 4. The average Bonchev–Trinajstić information content (AvgIpc) is 1.69. The van der Waals surface area contributed by atoms with Crippen molar-refractivity contribution in [3.63, 3.8) is 0 Å². The number of nitrogen functional groups attached to an aromatic ring is 2. The van der Waals surface area contributed by atoms with Crippen molar-refractivity contribution in [2.75, 3.05) is 112 Å². The van der Waals surface area contributed by atoms with E-state index in [1.54, 1.807) is 95.1 Å². The number of nitro groups is 3. The summed E-state index contributed by atoms with van der Waals surface area (Å²) in [6.07, 6.45) is -1.72. The van der Waals surface area contributed by atoms with Gasteiger partial charge in [-0.15, -0.1) is 0 Å². The molecule has 0 unspecified atom stereocenters. The standard InChI is InChI=1S/C21H24N6O8.C21H28N6O4.C21H26O8S2.C7H5FN2O3.C7H12N6O2.C7H16N2O2.C4H8O.CBrN.Al.Li.N3.Na.4H/c1-21(2)34-17(9-24-13-5-3-11(19(22)28)7-15(13)26(30)31)18(35-21)10-25-14-6-4-12(20(23)29)8-16(14)27(32)33;1-21(2)30-17(9-26-15-5-3-11(19(24)28)7-13(15)22)18(31-21)10-27-16-6-4-12(20(25)29)8-14(16)23;1-15-5-9-17(10-6-15)30(22,23)26-13-19-20(29-21(3,4)28-19)14-27-31(24,25)18-11-7-16(2)8-12-18;8-5-2-1-4(7(9)11)3-6(5)10(12)13;1-7(2)14-5(3-10-12-8)6(15-7)4-11-13-9;1-7(2)10-5(3-8)6(4-9)11-7;1-2-4-5-3-1;2-1-3;;;1-3-2;;;;;/h3-8,17-18,24-25H,9-10H2,1-2H3,(H2,22,28)(H2,23,29);3-8,17-18,26-27H,9-10,22-23H2,1-2H3,(H2,24,28)(H2,25,29);5-12,19-20H,13-14H2,1-4H3;1-3H,(H2,9,11);5-6H,3-4H2,1-2H3;5-6H,3-4,8-9H2,1-2H3;1-4H2;;;;;;;;;/q;;;;;;;;;+1;-1;+1;;;;-1/t2*17-,18-;19-,20-;;2*5-,6-;;;;;;;;;;/m111.11........../s1. The molecule has 6 saturated heterocycles. The van der Waals surface area contributed by atoms with E-state index in [4.69, 9.17) is 139 Å². The third-order valence-electron chi connectivity index (χ3n) is 20.8. The number of nitriles is 1. The Morgan fingerprint density at radius 2 is 0.693 bits per heavy atom. The topological polar surface area (TPSA) is 865 Å². The van der Waals surface area contributed by atoms with Gasteiger partial charge in [0.1, 0.15) is 65.2 Å². The van der Waals surface area contributed by atoms with Crippen molar-refractivity contribution >= 4 is 134 Å². The number of nitrogens with zero attached hydrogens (tertiary/aromatic N) is 13. The maximum atomic E-state index is 12.7. The Hall–Kier alpha value is -11.9. The molecule has 22 N–H and O–H groups in total. The Balaban J connectivity index is 0.000000916. The number of nitrogens with two attached hydrogens (primary N) is 9. The molecule has 150 heavy (non-hydrogen) atoms. The minimum absolute atomic E-state index is 0. The molecule has 7 aromatic carbocycles. The number of hydrogen-bond acceptors (Lipinski definition) is 39. The predicted octanol–water partition coefficient (Wildman–Crippen LogP) is 3.62. The van der Waals surface area contributed by atoms with E-state index in [1.807, 2.05) is 41.5 Å². The zero-order valence-corrected chi connectivity index (χ0v) is 89.2. The van der Waals surface area contributed by atoms with Gasteiger partial charge in [0, 0.05) is 124 Å². The summed E-state index contributed by atoms with van der Waals surface area (Å²) < 4.78 is 135. The molecule has 0 aliphatic carbocycles. The van der Waals surface area contributed by atoms with Crippen LogP contribution >= 0.6 is 15.9 Å². The first-order chi connectivity index (χ1) is 68.8. The van der Waals surface area contributed by atoms with Crippen LogP contribution in [0, 0.1) is 60.2 Å². The molecule has 5 amide bonds. The van der Waals surface area contributed by atoms with Gasteiger partial charge in [0.25, 0.3) is 31.6 Å². The fourth-order valence-corrected chi connectivity index (χ4v) is 16.0. The van der Waals surface area contributed by atoms with Gasteiger partial charge in [-0.25, -0.2) is 0 Å². The first kappa shape index (κ1) is 134. The van der Waals surface area contributed by atoms with Crippen LogP contribution in [0.25, 0.3) is 36.9 Å². The molecular formula is C89H123AlBrFLiN26NaO28S2. The van der Waals surface area contributed by atoms with Gasteiger partial charge in [0.2, 0.25) is 35.4 Å². The Morgan fingerprint density at radius 1 is 0.453 bits per heavy atom. The smallest absolute Gasteiger partial charge is 1.00 e. The van der Waals surface area contributed by atoms with Gasteiger partial charge in [-0.05, 0) is 204 Å². The van der Waals surface area contributed by atoms with E-state index >= 15 is 0 Å². The van der Waals surface area contributed by atoms with Crippen LogP contribution in [0.1, 0.15) is 146 Å². The van der Waals surface area contributed by atoms with Crippen molar-refractivity contribution in [2.45, 2.75) is 196 Å². The van der Waals surface area contributed by atoms with Gasteiger partial charge in [0.05, 0.1) is 85.8 Å². The van der Waals surface area contributed by atoms with Crippen molar-refractivity contribution in [3.8, 4) is 4.98 Å². The van der Waals surface area contributed by atoms with Crippen molar-refractivity contribution < 1.29 is 170 Å². The number of amides is 5. The van der Waals surface area contributed by atoms with Crippen LogP contribution < -0.4 is 121 Å². The molecule has 0 spiro atoms. The van der Waals surface area contributed by atoms with Crippen LogP contribution in [0.2, 0.25) is 0 Å². The summed E-state index contributed by atoms with van der Waals surface area (Å²) in [6, 6.07) is 32.5. The number of carbonyl (C=O) groups is 5. The number of nitro benzene ring substituents is 3. The van der Waals surface area contributed by atoms with E-state index in [-0.39, 0.29) is 192 Å². The molecular weight excluding hydrogens is 2100 g/mol. The van der Waals surface area contributed by atoms with Crippen molar-refractivity contribution in [1.82, 2.24) is 0 Å². The van der Waals surface area contributed by atoms with E-state index < -0.39 is 129 Å². The average molecular weight is 2230 g/mol. The molecule has 6 aliphatic heterocycles. The minimum atomic E-state index is -4.01. The van der Waals surface area contributed by atoms with Crippen LogP contribution in [0.4, 0.5) is 55.6 Å². The van der Waals surface area contributed by atoms with E-state index in [2.05, 4.69) is 57.2 Å². The number of anilines is 6. The number of carbonyl (C=O) groups excluding carboxylic acids is 5. The fourth-order valence-electron chi connectivity index (χ4n) is 14.2. The third-order valence-corrected chi connectivity index (χ3v) is 23.4. The van der Waals surface area contributed by atoms with E-state index in [9.17, 15) is 75.5 Å². The summed E-state index contributed by atoms with van der Waals surface area (Å²) in [5, 5.41) is 59.5. The molecule has 0 saturated carbocycles. The van der Waals surface area contributed by atoms with E-state index in [1.165, 1.54) is 78.4 Å². The quantitative estimate of drug-likeness (QED) is 0.00400. The molecule has 0 bridgehead atoms. The van der Waals surface area contributed by atoms with Crippen molar-refractivity contribution in [2.24, 2.45) is 50.4 Å². The number of azide groups is 2. The molecule has 7 aromatic rings. The molecule has 13 rings (SSSR count). The normalized spacial score (nSPS) is 20.0. The van der Waals surface area contributed by atoms with E-state index in [0.717, 1.165) is 54.7 Å². The Kier molecular flexibility index (Phi) is 56.2. The molecule has 0 aromatic heterocycles. The molecule has 10 atom stereocenters. The number of ether oxygens (including phenoxy) is 11. The summed E-state index contributed by atoms with van der Waals surface area (Å²) in [7, 11) is -8.02. The number of benzene rings is 7. The molecule has 61 heteroatoms. The molecule has 6 heterocycles. The second-order valence-corrected chi connectivity index (χ2v) is 37.9. The monoisotopic (exact) mass is 2220 g/mol. The van der Waals surface area contributed by atoms with E-state index in [0.29, 0.717) is 60.1 Å². The zero-order valence-electron chi connectivity index (χ0n) is 85.0. The second-order valence-electron chi connectivity index (χ2n) is 34.3. The summed E-state index contributed by atoms with van der Waals surface area (Å²) in [4.78, 5) is 95.1. The summed E-state index contributed by atoms with van der Waals surface area (Å²) >= 11 is 2.45. The fraction of sp³-hybridized carbons (Fsp3) is 0.461. The van der Waals surface area contributed by atoms with Crippen molar-refractivity contribution in [1.29, 1.82) is 5.26 Å². The van der Waals surface area contributed by atoms with Gasteiger partial charge in [-0.2, -0.15) is 26.5 Å². The number of aryl methyl sites for hydroxylation is 2. The number of hydrogen-bond donors (Lipinski definition) is 13. The van der Waals surface area contributed by atoms with Crippen LogP contribution in [-0.4, -0.2) is 247 Å². The Bertz CT molecular complexity index is 5840. The first-order valence-electron chi connectivity index (χ1n) is 44.3. The number of primary amides is 5. The summed E-state index contributed by atoms with van der Waals surface area (Å²) in [5.41, 5.74) is 82.1.